The van der Waals surface area contributed by atoms with Gasteiger partial charge in [0, 0.05) is 24.5 Å². The van der Waals surface area contributed by atoms with Crippen molar-refractivity contribution in [1.82, 2.24) is 20.1 Å². The molecule has 3 heterocycles. The lowest BCUT2D eigenvalue weighted by atomic mass is 10.0. The highest BCUT2D eigenvalue weighted by atomic mass is 16.5. The molecule has 2 aliphatic heterocycles. The molecule has 3 amide bonds. The molecule has 2 saturated heterocycles. The maximum atomic E-state index is 13.8. The standard InChI is InChI=1S/C31H32N4O5/c1-20(2)16-25(33-29(37)21-8-6-12-24(17-21)40-23-10-4-3-5-11-23)31(39)34-15-13-26-28(34)27(36)19-35(26)30(38)22-9-7-14-32-18-22/h3-12,14,17-18,20,25-26,28H,13,15-16,19H2,1-2H3,(H,33,37)/t25?,26-,28+/m1/s1. The number of hydrogen-bond donors (Lipinski definition) is 1. The first-order chi connectivity index (χ1) is 19.3. The highest BCUT2D eigenvalue weighted by molar-refractivity contribution is 6.03. The van der Waals surface area contributed by atoms with Crippen molar-refractivity contribution in [3.05, 3.63) is 90.3 Å². The molecule has 2 aliphatic rings. The van der Waals surface area contributed by atoms with Gasteiger partial charge >= 0.3 is 0 Å². The number of ether oxygens (including phenoxy) is 1. The maximum absolute atomic E-state index is 13.8. The van der Waals surface area contributed by atoms with Gasteiger partial charge in [0.2, 0.25) is 5.91 Å². The van der Waals surface area contributed by atoms with Crippen LogP contribution in [0.1, 0.15) is 47.4 Å². The van der Waals surface area contributed by atoms with E-state index in [1.54, 1.807) is 52.4 Å². The van der Waals surface area contributed by atoms with Gasteiger partial charge in [0.25, 0.3) is 11.8 Å². The van der Waals surface area contributed by atoms with E-state index in [1.165, 1.54) is 6.20 Å². The zero-order valence-electron chi connectivity index (χ0n) is 22.5. The van der Waals surface area contributed by atoms with Gasteiger partial charge in [0.05, 0.1) is 18.2 Å². The van der Waals surface area contributed by atoms with Gasteiger partial charge in [-0.2, -0.15) is 0 Å². The predicted octanol–water partition coefficient (Wildman–Crippen LogP) is 3.71. The number of hydrogen-bond acceptors (Lipinski definition) is 6. The molecule has 3 aromatic rings. The number of para-hydroxylation sites is 1. The van der Waals surface area contributed by atoms with Crippen LogP contribution >= 0.6 is 0 Å². The predicted molar refractivity (Wildman–Crippen MR) is 148 cm³/mol. The number of likely N-dealkylation sites (tertiary alicyclic amines) is 2. The van der Waals surface area contributed by atoms with E-state index in [-0.39, 0.29) is 30.1 Å². The second-order valence-electron chi connectivity index (χ2n) is 10.6. The summed E-state index contributed by atoms with van der Waals surface area (Å²) >= 11 is 0. The third-order valence-electron chi connectivity index (χ3n) is 7.26. The summed E-state index contributed by atoms with van der Waals surface area (Å²) in [6, 6.07) is 17.4. The number of Topliss-reactive ketones (excluding diaryl/α,β-unsaturated/α-hetero) is 1. The highest BCUT2D eigenvalue weighted by Crippen LogP contribution is 2.32. The van der Waals surface area contributed by atoms with Gasteiger partial charge in [-0.25, -0.2) is 0 Å². The molecule has 2 aromatic carbocycles. The number of nitrogens with one attached hydrogen (secondary N) is 1. The fourth-order valence-corrected chi connectivity index (χ4v) is 5.45. The molecular weight excluding hydrogens is 508 g/mol. The van der Waals surface area contributed by atoms with E-state index >= 15 is 0 Å². The van der Waals surface area contributed by atoms with Crippen LogP contribution in [0.15, 0.2) is 79.1 Å². The van der Waals surface area contributed by atoms with E-state index in [0.717, 1.165) is 0 Å². The van der Waals surface area contributed by atoms with Crippen molar-refractivity contribution < 1.29 is 23.9 Å². The number of ketones is 1. The normalized spacial score (nSPS) is 18.9. The quantitative estimate of drug-likeness (QED) is 0.467. The van der Waals surface area contributed by atoms with E-state index in [1.807, 2.05) is 44.2 Å². The number of amides is 3. The number of fused-ring (bicyclic) bond motifs is 1. The molecule has 0 aliphatic carbocycles. The Morgan fingerprint density at radius 1 is 0.975 bits per heavy atom. The van der Waals surface area contributed by atoms with E-state index < -0.39 is 24.0 Å². The smallest absolute Gasteiger partial charge is 0.256 e. The number of nitrogens with zero attached hydrogens (tertiary/aromatic N) is 3. The number of carbonyl (C=O) groups is 4. The van der Waals surface area contributed by atoms with Gasteiger partial charge in [-0.1, -0.05) is 38.1 Å². The van der Waals surface area contributed by atoms with E-state index in [2.05, 4.69) is 10.3 Å². The third kappa shape index (κ3) is 5.73. The third-order valence-corrected chi connectivity index (χ3v) is 7.26. The van der Waals surface area contributed by atoms with E-state index in [4.69, 9.17) is 4.74 Å². The van der Waals surface area contributed by atoms with Crippen LogP contribution in [0.5, 0.6) is 11.5 Å². The summed E-state index contributed by atoms with van der Waals surface area (Å²) < 4.78 is 5.86. The Bertz CT molecular complexity index is 1400. The van der Waals surface area contributed by atoms with Crippen LogP contribution in [0.2, 0.25) is 0 Å². The summed E-state index contributed by atoms with van der Waals surface area (Å²) in [6.45, 7) is 4.23. The first-order valence-corrected chi connectivity index (χ1v) is 13.5. The second-order valence-corrected chi connectivity index (χ2v) is 10.6. The summed E-state index contributed by atoms with van der Waals surface area (Å²) in [5.74, 6) is 0.107. The van der Waals surface area contributed by atoms with Crippen LogP contribution in [-0.2, 0) is 9.59 Å². The fraction of sp³-hybridized carbons (Fsp3) is 0.323. The summed E-state index contributed by atoms with van der Waals surface area (Å²) in [6.07, 6.45) is 3.97. The lowest BCUT2D eigenvalue weighted by Crippen LogP contribution is -2.53. The average molecular weight is 541 g/mol. The van der Waals surface area contributed by atoms with Crippen LogP contribution in [-0.4, -0.2) is 69.5 Å². The van der Waals surface area contributed by atoms with Crippen molar-refractivity contribution in [2.75, 3.05) is 13.1 Å². The first kappa shape index (κ1) is 27.1. The number of rotatable bonds is 8. The molecule has 1 N–H and O–H groups in total. The Hall–Kier alpha value is -4.53. The van der Waals surface area contributed by atoms with Crippen molar-refractivity contribution in [1.29, 1.82) is 0 Å². The van der Waals surface area contributed by atoms with Gasteiger partial charge in [0.15, 0.2) is 5.78 Å². The van der Waals surface area contributed by atoms with Crippen LogP contribution in [0, 0.1) is 5.92 Å². The van der Waals surface area contributed by atoms with Crippen LogP contribution in [0.25, 0.3) is 0 Å². The fourth-order valence-electron chi connectivity index (χ4n) is 5.45. The monoisotopic (exact) mass is 540 g/mol. The number of aromatic nitrogens is 1. The molecule has 9 nitrogen and oxygen atoms in total. The average Bonchev–Trinajstić information content (AvgIpc) is 3.54. The molecule has 2 fully saturated rings. The van der Waals surface area contributed by atoms with Crippen molar-refractivity contribution in [3.63, 3.8) is 0 Å². The van der Waals surface area contributed by atoms with Gasteiger partial charge in [-0.3, -0.25) is 24.2 Å². The largest absolute Gasteiger partial charge is 0.457 e. The molecule has 9 heteroatoms. The van der Waals surface area contributed by atoms with Gasteiger partial charge in [-0.05, 0) is 61.2 Å². The summed E-state index contributed by atoms with van der Waals surface area (Å²) in [5, 5.41) is 2.90. The zero-order valence-corrected chi connectivity index (χ0v) is 22.5. The number of benzene rings is 2. The summed E-state index contributed by atoms with van der Waals surface area (Å²) in [7, 11) is 0. The Kier molecular flexibility index (Phi) is 7.91. The Balaban J connectivity index is 1.30. The first-order valence-electron chi connectivity index (χ1n) is 13.5. The Morgan fingerprint density at radius 3 is 2.45 bits per heavy atom. The number of pyridine rings is 1. The van der Waals surface area contributed by atoms with Gasteiger partial charge in [0.1, 0.15) is 23.6 Å². The van der Waals surface area contributed by atoms with Crippen LogP contribution in [0.4, 0.5) is 0 Å². The molecule has 40 heavy (non-hydrogen) atoms. The molecule has 1 unspecified atom stereocenters. The number of carbonyl (C=O) groups excluding carboxylic acids is 4. The van der Waals surface area contributed by atoms with Gasteiger partial charge in [-0.15, -0.1) is 0 Å². The molecule has 206 valence electrons. The van der Waals surface area contributed by atoms with Crippen LogP contribution in [0.3, 0.4) is 0 Å². The highest BCUT2D eigenvalue weighted by Gasteiger charge is 2.52. The van der Waals surface area contributed by atoms with Crippen molar-refractivity contribution in [3.8, 4) is 11.5 Å². The van der Waals surface area contributed by atoms with E-state index in [9.17, 15) is 19.2 Å². The second kappa shape index (κ2) is 11.7. The molecule has 0 saturated carbocycles. The van der Waals surface area contributed by atoms with Crippen molar-refractivity contribution in [2.24, 2.45) is 5.92 Å². The van der Waals surface area contributed by atoms with Crippen molar-refractivity contribution >= 4 is 23.5 Å². The molecule has 3 atom stereocenters. The van der Waals surface area contributed by atoms with Gasteiger partial charge < -0.3 is 19.9 Å². The minimum absolute atomic E-state index is 0.0533. The molecule has 1 aromatic heterocycles. The SMILES string of the molecule is CC(C)CC(NC(=O)c1cccc(Oc2ccccc2)c1)C(=O)N1CC[C@@H]2[C@H]1C(=O)CN2C(=O)c1cccnc1. The van der Waals surface area contributed by atoms with Crippen LogP contribution < -0.4 is 10.1 Å². The minimum Gasteiger partial charge on any atom is -0.457 e. The van der Waals surface area contributed by atoms with Crippen molar-refractivity contribution in [2.45, 2.75) is 44.8 Å². The molecule has 5 rings (SSSR count). The molecular formula is C31H32N4O5. The molecule has 0 spiro atoms. The summed E-state index contributed by atoms with van der Waals surface area (Å²) in [5.41, 5.74) is 0.767. The summed E-state index contributed by atoms with van der Waals surface area (Å²) in [4.78, 5) is 60.4. The maximum Gasteiger partial charge on any atom is 0.256 e. The molecule has 0 bridgehead atoms. The lowest BCUT2D eigenvalue weighted by Gasteiger charge is -2.29. The Labute approximate surface area is 233 Å². The molecule has 0 radical (unpaired) electrons. The minimum atomic E-state index is -0.819. The Morgan fingerprint density at radius 2 is 1.73 bits per heavy atom. The topological polar surface area (TPSA) is 109 Å². The zero-order chi connectivity index (χ0) is 28.2. The van der Waals surface area contributed by atoms with E-state index in [0.29, 0.717) is 42.0 Å². The lowest BCUT2D eigenvalue weighted by molar-refractivity contribution is -0.138.